The maximum atomic E-state index is 12.5. The quantitative estimate of drug-likeness (QED) is 0.744. The Morgan fingerprint density at radius 3 is 2.54 bits per heavy atom. The van der Waals surface area contributed by atoms with Crippen molar-refractivity contribution in [3.05, 3.63) is 60.3 Å². The summed E-state index contributed by atoms with van der Waals surface area (Å²) in [5.74, 6) is -1.33. The molecular weight excluding hydrogens is 306 g/mol. The number of ether oxygens (including phenoxy) is 1. The Balaban J connectivity index is 2.11. The molecule has 2 aromatic heterocycles. The number of carbonyl (C=O) groups is 2. The highest BCUT2D eigenvalue weighted by Gasteiger charge is 2.20. The second-order valence-electron chi connectivity index (χ2n) is 5.24. The van der Waals surface area contributed by atoms with Gasteiger partial charge in [0.05, 0.1) is 22.5 Å². The minimum absolute atomic E-state index is 0.314. The highest BCUT2D eigenvalue weighted by molar-refractivity contribution is 6.05. The van der Waals surface area contributed by atoms with Crippen molar-refractivity contribution < 1.29 is 14.3 Å². The molecule has 6 heteroatoms. The third-order valence-corrected chi connectivity index (χ3v) is 3.55. The van der Waals surface area contributed by atoms with Crippen LogP contribution in [0.15, 0.2) is 54.7 Å². The number of hydrogen-bond donors (Lipinski definition) is 1. The normalized spacial score (nSPS) is 11.9. The van der Waals surface area contributed by atoms with Gasteiger partial charge in [0, 0.05) is 11.6 Å². The average Bonchev–Trinajstić information content (AvgIpc) is 2.61. The summed E-state index contributed by atoms with van der Waals surface area (Å²) < 4.78 is 5.14. The van der Waals surface area contributed by atoms with Gasteiger partial charge in [-0.25, -0.2) is 9.78 Å². The van der Waals surface area contributed by atoms with Gasteiger partial charge in [-0.3, -0.25) is 9.78 Å². The summed E-state index contributed by atoms with van der Waals surface area (Å²) in [7, 11) is 0. The van der Waals surface area contributed by atoms with Gasteiger partial charge in [0.2, 0.25) is 0 Å². The third-order valence-electron chi connectivity index (χ3n) is 3.55. The van der Waals surface area contributed by atoms with E-state index in [1.54, 1.807) is 42.6 Å². The molecule has 2 heterocycles. The van der Waals surface area contributed by atoms with E-state index >= 15 is 0 Å². The van der Waals surface area contributed by atoms with Crippen molar-refractivity contribution in [3.63, 3.8) is 0 Å². The molecular formula is C18H15N3O3. The molecule has 0 radical (unpaired) electrons. The van der Waals surface area contributed by atoms with E-state index in [-0.39, 0.29) is 0 Å². The maximum Gasteiger partial charge on any atom is 0.339 e. The van der Waals surface area contributed by atoms with E-state index in [0.717, 1.165) is 0 Å². The second-order valence-corrected chi connectivity index (χ2v) is 5.24. The van der Waals surface area contributed by atoms with Crippen LogP contribution in [0.1, 0.15) is 17.3 Å². The monoisotopic (exact) mass is 321 g/mol. The smallest absolute Gasteiger partial charge is 0.339 e. The van der Waals surface area contributed by atoms with E-state index in [2.05, 4.69) is 9.97 Å². The van der Waals surface area contributed by atoms with E-state index in [9.17, 15) is 9.59 Å². The number of para-hydroxylation sites is 1. The molecule has 0 aliphatic rings. The Kier molecular flexibility index (Phi) is 4.20. The molecule has 1 aromatic carbocycles. The van der Waals surface area contributed by atoms with Crippen LogP contribution < -0.4 is 5.73 Å². The zero-order valence-electron chi connectivity index (χ0n) is 13.0. The molecule has 1 amide bonds. The predicted octanol–water partition coefficient (Wildman–Crippen LogP) is 2.33. The van der Waals surface area contributed by atoms with Crippen LogP contribution in [0.3, 0.4) is 0 Å². The molecule has 0 aliphatic heterocycles. The number of rotatable bonds is 4. The molecule has 3 aromatic rings. The summed E-state index contributed by atoms with van der Waals surface area (Å²) >= 11 is 0. The van der Waals surface area contributed by atoms with Crippen molar-refractivity contribution in [1.82, 2.24) is 9.97 Å². The van der Waals surface area contributed by atoms with Gasteiger partial charge >= 0.3 is 5.97 Å². The number of carbonyl (C=O) groups excluding carboxylic acids is 2. The largest absolute Gasteiger partial charge is 0.449 e. The molecule has 1 atom stereocenters. The molecule has 0 spiro atoms. The van der Waals surface area contributed by atoms with Gasteiger partial charge in [-0.2, -0.15) is 0 Å². The van der Waals surface area contributed by atoms with Crippen LogP contribution in [-0.4, -0.2) is 27.9 Å². The first-order chi connectivity index (χ1) is 11.6. The van der Waals surface area contributed by atoms with E-state index in [1.165, 1.54) is 6.92 Å². The van der Waals surface area contributed by atoms with E-state index in [4.69, 9.17) is 10.5 Å². The van der Waals surface area contributed by atoms with Crippen molar-refractivity contribution in [1.29, 1.82) is 0 Å². The molecule has 3 rings (SSSR count). The lowest BCUT2D eigenvalue weighted by Crippen LogP contribution is -2.30. The zero-order chi connectivity index (χ0) is 17.1. The van der Waals surface area contributed by atoms with Crippen LogP contribution >= 0.6 is 0 Å². The van der Waals surface area contributed by atoms with E-state index in [0.29, 0.717) is 27.9 Å². The number of esters is 1. The number of amides is 1. The molecule has 120 valence electrons. The summed E-state index contributed by atoms with van der Waals surface area (Å²) in [6.07, 6.45) is 0.641. The van der Waals surface area contributed by atoms with Crippen molar-refractivity contribution in [2.75, 3.05) is 0 Å². The predicted molar refractivity (Wildman–Crippen MR) is 89.0 cm³/mol. The molecule has 2 N–H and O–H groups in total. The molecule has 0 bridgehead atoms. The average molecular weight is 321 g/mol. The van der Waals surface area contributed by atoms with Gasteiger partial charge in [0.1, 0.15) is 0 Å². The Morgan fingerprint density at radius 2 is 1.83 bits per heavy atom. The fourth-order valence-electron chi connectivity index (χ4n) is 2.27. The fraction of sp³-hybridized carbons (Fsp3) is 0.111. The number of nitrogens with two attached hydrogens (primary N) is 1. The first-order valence-electron chi connectivity index (χ1n) is 7.38. The number of primary amides is 1. The Bertz CT molecular complexity index is 910. The summed E-state index contributed by atoms with van der Waals surface area (Å²) in [6, 6.07) is 14.3. The first-order valence-corrected chi connectivity index (χ1v) is 7.38. The van der Waals surface area contributed by atoms with Gasteiger partial charge in [-0.1, -0.05) is 24.3 Å². The Morgan fingerprint density at radius 1 is 1.08 bits per heavy atom. The molecule has 0 fully saturated rings. The van der Waals surface area contributed by atoms with Gasteiger partial charge in [-0.05, 0) is 31.2 Å². The molecule has 0 saturated heterocycles. The van der Waals surface area contributed by atoms with Crippen LogP contribution in [0.4, 0.5) is 0 Å². The zero-order valence-corrected chi connectivity index (χ0v) is 13.0. The fourth-order valence-corrected chi connectivity index (χ4v) is 2.27. The highest BCUT2D eigenvalue weighted by Crippen LogP contribution is 2.24. The maximum absolute atomic E-state index is 12.5. The van der Waals surface area contributed by atoms with Crippen molar-refractivity contribution in [3.8, 4) is 11.4 Å². The lowest BCUT2D eigenvalue weighted by Gasteiger charge is -2.12. The van der Waals surface area contributed by atoms with Crippen molar-refractivity contribution in [2.45, 2.75) is 13.0 Å². The lowest BCUT2D eigenvalue weighted by molar-refractivity contribution is -0.125. The molecule has 1 unspecified atom stereocenters. The minimum atomic E-state index is -1.01. The van der Waals surface area contributed by atoms with Gasteiger partial charge in [-0.15, -0.1) is 0 Å². The van der Waals surface area contributed by atoms with Crippen LogP contribution in [-0.2, 0) is 9.53 Å². The third kappa shape index (κ3) is 3.08. The van der Waals surface area contributed by atoms with Crippen molar-refractivity contribution in [2.24, 2.45) is 5.73 Å². The molecule has 6 nitrogen and oxygen atoms in total. The SMILES string of the molecule is CC(OC(=O)c1cc(-c2ccccn2)nc2ccccc12)C(N)=O. The van der Waals surface area contributed by atoms with Gasteiger partial charge < -0.3 is 10.5 Å². The highest BCUT2D eigenvalue weighted by atomic mass is 16.5. The first kappa shape index (κ1) is 15.6. The van der Waals surface area contributed by atoms with E-state index < -0.39 is 18.0 Å². The second kappa shape index (κ2) is 6.45. The standard InChI is InChI=1S/C18H15N3O3/c1-11(17(19)22)24-18(23)13-10-16(15-8-4-5-9-20-15)21-14-7-3-2-6-12(13)14/h2-11H,1H3,(H2,19,22). The van der Waals surface area contributed by atoms with Crippen LogP contribution in [0.5, 0.6) is 0 Å². The van der Waals surface area contributed by atoms with Crippen LogP contribution in [0.2, 0.25) is 0 Å². The topological polar surface area (TPSA) is 95.2 Å². The summed E-state index contributed by atoms with van der Waals surface area (Å²) in [6.45, 7) is 1.43. The number of aromatic nitrogens is 2. The van der Waals surface area contributed by atoms with Crippen LogP contribution in [0.25, 0.3) is 22.3 Å². The summed E-state index contributed by atoms with van der Waals surface area (Å²) in [5, 5.41) is 0.638. The summed E-state index contributed by atoms with van der Waals surface area (Å²) in [4.78, 5) is 32.4. The number of hydrogen-bond acceptors (Lipinski definition) is 5. The molecule has 24 heavy (non-hydrogen) atoms. The number of nitrogens with zero attached hydrogens (tertiary/aromatic N) is 2. The van der Waals surface area contributed by atoms with Crippen LogP contribution in [0, 0.1) is 0 Å². The van der Waals surface area contributed by atoms with E-state index in [1.807, 2.05) is 12.1 Å². The number of benzene rings is 1. The lowest BCUT2D eigenvalue weighted by atomic mass is 10.1. The number of pyridine rings is 2. The minimum Gasteiger partial charge on any atom is -0.449 e. The molecule has 0 aliphatic carbocycles. The number of fused-ring (bicyclic) bond motifs is 1. The van der Waals surface area contributed by atoms with Crippen molar-refractivity contribution >= 4 is 22.8 Å². The van der Waals surface area contributed by atoms with Gasteiger partial charge in [0.25, 0.3) is 5.91 Å². The van der Waals surface area contributed by atoms with Gasteiger partial charge in [0.15, 0.2) is 6.10 Å². The Hall–Kier alpha value is -3.28. The molecule has 0 saturated carbocycles. The summed E-state index contributed by atoms with van der Waals surface area (Å²) in [5.41, 5.74) is 7.30. The Labute approximate surface area is 138 Å².